The van der Waals surface area contributed by atoms with Crippen LogP contribution in [0.4, 0.5) is 0 Å². The Bertz CT molecular complexity index is 683. The van der Waals surface area contributed by atoms with Crippen LogP contribution in [0.15, 0.2) is 42.5 Å². The van der Waals surface area contributed by atoms with Gasteiger partial charge in [0.15, 0.2) is 6.10 Å². The summed E-state index contributed by atoms with van der Waals surface area (Å²) in [6.45, 7) is 8.68. The van der Waals surface area contributed by atoms with Crippen LogP contribution in [0.25, 0.3) is 0 Å². The van der Waals surface area contributed by atoms with Crippen LogP contribution in [0.5, 0.6) is 11.5 Å². The summed E-state index contributed by atoms with van der Waals surface area (Å²) >= 11 is 0. The Morgan fingerprint density at radius 1 is 1.12 bits per heavy atom. The van der Waals surface area contributed by atoms with E-state index >= 15 is 0 Å². The normalized spacial score (nSPS) is 11.7. The Kier molecular flexibility index (Phi) is 6.24. The van der Waals surface area contributed by atoms with Crippen molar-refractivity contribution in [2.75, 3.05) is 13.2 Å². The van der Waals surface area contributed by atoms with Crippen molar-refractivity contribution in [3.05, 3.63) is 59.2 Å². The van der Waals surface area contributed by atoms with Gasteiger partial charge in [-0.15, -0.1) is 0 Å². The molecule has 1 amide bonds. The molecule has 0 bridgehead atoms. The third-order valence-corrected chi connectivity index (χ3v) is 3.85. The maximum absolute atomic E-state index is 12.1. The van der Waals surface area contributed by atoms with E-state index in [-0.39, 0.29) is 5.91 Å². The Balaban J connectivity index is 1.80. The molecule has 2 aromatic rings. The Morgan fingerprint density at radius 3 is 2.54 bits per heavy atom. The van der Waals surface area contributed by atoms with Gasteiger partial charge in [0.05, 0.1) is 6.54 Å². The number of benzene rings is 2. The fourth-order valence-electron chi connectivity index (χ4n) is 2.37. The lowest BCUT2D eigenvalue weighted by Gasteiger charge is -2.18. The first-order chi connectivity index (χ1) is 11.5. The van der Waals surface area contributed by atoms with Crippen LogP contribution in [-0.2, 0) is 4.79 Å². The molecule has 128 valence electrons. The summed E-state index contributed by atoms with van der Waals surface area (Å²) in [5.41, 5.74) is 3.35. The second-order valence-corrected chi connectivity index (χ2v) is 5.92. The molecule has 0 fully saturated rings. The maximum atomic E-state index is 12.1. The highest BCUT2D eigenvalue weighted by molar-refractivity contribution is 5.80. The van der Waals surface area contributed by atoms with Crippen molar-refractivity contribution in [2.24, 2.45) is 0 Å². The standard InChI is InChI=1S/C20H25NO3/c1-14-12-15(2)16(3)19(13-14)24-17(4)20(22)21-10-11-23-18-8-6-5-7-9-18/h5-9,12-13,17H,10-11H2,1-4H3,(H,21,22)/t17-/m1/s1. The molecule has 0 radical (unpaired) electrons. The molecule has 2 rings (SSSR count). The van der Waals surface area contributed by atoms with Gasteiger partial charge in [-0.3, -0.25) is 4.79 Å². The van der Waals surface area contributed by atoms with Gasteiger partial charge >= 0.3 is 0 Å². The third kappa shape index (κ3) is 5.01. The third-order valence-electron chi connectivity index (χ3n) is 3.85. The van der Waals surface area contributed by atoms with Gasteiger partial charge in [-0.1, -0.05) is 24.3 Å². The highest BCUT2D eigenvalue weighted by Gasteiger charge is 2.16. The first kappa shape index (κ1) is 17.9. The quantitative estimate of drug-likeness (QED) is 0.791. The number of carbonyl (C=O) groups excluding carboxylic acids is 1. The lowest BCUT2D eigenvalue weighted by atomic mass is 10.1. The molecular weight excluding hydrogens is 302 g/mol. The summed E-state index contributed by atoms with van der Waals surface area (Å²) in [6.07, 6.45) is -0.554. The first-order valence-corrected chi connectivity index (χ1v) is 8.17. The van der Waals surface area contributed by atoms with Crippen molar-refractivity contribution in [2.45, 2.75) is 33.8 Å². The SMILES string of the molecule is Cc1cc(C)c(C)c(O[C@H](C)C(=O)NCCOc2ccccc2)c1. The van der Waals surface area contributed by atoms with E-state index in [1.54, 1.807) is 6.92 Å². The lowest BCUT2D eigenvalue weighted by molar-refractivity contribution is -0.127. The van der Waals surface area contributed by atoms with Gasteiger partial charge in [0.2, 0.25) is 0 Å². The lowest BCUT2D eigenvalue weighted by Crippen LogP contribution is -2.38. The molecule has 24 heavy (non-hydrogen) atoms. The molecule has 0 aliphatic heterocycles. The topological polar surface area (TPSA) is 47.6 Å². The summed E-state index contributed by atoms with van der Waals surface area (Å²) in [7, 11) is 0. The fourth-order valence-corrected chi connectivity index (χ4v) is 2.37. The number of rotatable bonds is 7. The number of amides is 1. The Hall–Kier alpha value is -2.49. The second-order valence-electron chi connectivity index (χ2n) is 5.92. The van der Waals surface area contributed by atoms with Crippen molar-refractivity contribution in [3.63, 3.8) is 0 Å². The molecule has 0 heterocycles. The number of nitrogens with one attached hydrogen (secondary N) is 1. The summed E-state index contributed by atoms with van der Waals surface area (Å²) in [6, 6.07) is 13.6. The van der Waals surface area contributed by atoms with Crippen molar-refractivity contribution in [3.8, 4) is 11.5 Å². The Morgan fingerprint density at radius 2 is 1.83 bits per heavy atom. The minimum atomic E-state index is -0.554. The van der Waals surface area contributed by atoms with E-state index < -0.39 is 6.10 Å². The van der Waals surface area contributed by atoms with E-state index in [0.29, 0.717) is 13.2 Å². The predicted octanol–water partition coefficient (Wildman–Crippen LogP) is 3.57. The number of hydrogen-bond donors (Lipinski definition) is 1. The first-order valence-electron chi connectivity index (χ1n) is 8.17. The fraction of sp³-hybridized carbons (Fsp3) is 0.350. The largest absolute Gasteiger partial charge is 0.492 e. The van der Waals surface area contributed by atoms with Gasteiger partial charge < -0.3 is 14.8 Å². The summed E-state index contributed by atoms with van der Waals surface area (Å²) in [5, 5.41) is 2.83. The second kappa shape index (κ2) is 8.39. The number of para-hydroxylation sites is 1. The van der Waals surface area contributed by atoms with Crippen LogP contribution in [0.2, 0.25) is 0 Å². The Labute approximate surface area is 143 Å². The van der Waals surface area contributed by atoms with E-state index in [4.69, 9.17) is 9.47 Å². The van der Waals surface area contributed by atoms with Crippen LogP contribution in [0, 0.1) is 20.8 Å². The summed E-state index contributed by atoms with van der Waals surface area (Å²) in [5.74, 6) is 1.41. The molecule has 0 aromatic heterocycles. The van der Waals surface area contributed by atoms with E-state index in [0.717, 1.165) is 28.2 Å². The van der Waals surface area contributed by atoms with Gasteiger partial charge in [0.1, 0.15) is 18.1 Å². The minimum absolute atomic E-state index is 0.148. The molecule has 0 saturated carbocycles. The molecular formula is C20H25NO3. The van der Waals surface area contributed by atoms with Gasteiger partial charge in [-0.2, -0.15) is 0 Å². The van der Waals surface area contributed by atoms with Gasteiger partial charge in [-0.25, -0.2) is 0 Å². The highest BCUT2D eigenvalue weighted by Crippen LogP contribution is 2.24. The zero-order chi connectivity index (χ0) is 17.5. The molecule has 0 aliphatic carbocycles. The molecule has 0 spiro atoms. The number of hydrogen-bond acceptors (Lipinski definition) is 3. The number of carbonyl (C=O) groups is 1. The van der Waals surface area contributed by atoms with Crippen LogP contribution in [-0.4, -0.2) is 25.2 Å². The minimum Gasteiger partial charge on any atom is -0.492 e. The van der Waals surface area contributed by atoms with Crippen LogP contribution >= 0.6 is 0 Å². The summed E-state index contributed by atoms with van der Waals surface area (Å²) in [4.78, 5) is 12.1. The predicted molar refractivity (Wildman–Crippen MR) is 95.7 cm³/mol. The maximum Gasteiger partial charge on any atom is 0.260 e. The van der Waals surface area contributed by atoms with Crippen LogP contribution in [0.3, 0.4) is 0 Å². The number of aryl methyl sites for hydroxylation is 2. The average molecular weight is 327 g/mol. The van der Waals surface area contributed by atoms with E-state index in [9.17, 15) is 4.79 Å². The number of ether oxygens (including phenoxy) is 2. The molecule has 0 unspecified atom stereocenters. The van der Waals surface area contributed by atoms with Crippen LogP contribution < -0.4 is 14.8 Å². The van der Waals surface area contributed by atoms with Gasteiger partial charge in [0.25, 0.3) is 5.91 Å². The monoisotopic (exact) mass is 327 g/mol. The van der Waals surface area contributed by atoms with Crippen molar-refractivity contribution in [1.82, 2.24) is 5.32 Å². The van der Waals surface area contributed by atoms with Crippen molar-refractivity contribution < 1.29 is 14.3 Å². The smallest absolute Gasteiger partial charge is 0.260 e. The average Bonchev–Trinajstić information content (AvgIpc) is 2.56. The van der Waals surface area contributed by atoms with Crippen LogP contribution in [0.1, 0.15) is 23.6 Å². The molecule has 0 aliphatic rings. The summed E-state index contributed by atoms with van der Waals surface area (Å²) < 4.78 is 11.4. The zero-order valence-electron chi connectivity index (χ0n) is 14.8. The zero-order valence-corrected chi connectivity index (χ0v) is 14.8. The van der Waals surface area contributed by atoms with Gasteiger partial charge in [0, 0.05) is 0 Å². The highest BCUT2D eigenvalue weighted by atomic mass is 16.5. The van der Waals surface area contributed by atoms with E-state index in [1.807, 2.05) is 57.2 Å². The van der Waals surface area contributed by atoms with Crippen molar-refractivity contribution in [1.29, 1.82) is 0 Å². The molecule has 1 N–H and O–H groups in total. The molecule has 2 aromatic carbocycles. The van der Waals surface area contributed by atoms with Gasteiger partial charge in [-0.05, 0) is 62.6 Å². The van der Waals surface area contributed by atoms with E-state index in [1.165, 1.54) is 0 Å². The molecule has 4 heteroatoms. The molecule has 4 nitrogen and oxygen atoms in total. The molecule has 0 saturated heterocycles. The molecule has 1 atom stereocenters. The van der Waals surface area contributed by atoms with E-state index in [2.05, 4.69) is 11.4 Å². The van der Waals surface area contributed by atoms with Crippen molar-refractivity contribution >= 4 is 5.91 Å².